The predicted molar refractivity (Wildman–Crippen MR) is 85.4 cm³/mol. The first-order valence-electron chi connectivity index (χ1n) is 8.63. The number of unbranched alkanes of at least 4 members (excludes halogenated alkanes) is 4. The molecule has 0 saturated heterocycles. The fourth-order valence-electron chi connectivity index (χ4n) is 3.08. The quantitative estimate of drug-likeness (QED) is 0.469. The van der Waals surface area contributed by atoms with Crippen molar-refractivity contribution in [2.75, 3.05) is 20.3 Å². The van der Waals surface area contributed by atoms with Crippen LogP contribution in [0.1, 0.15) is 71.6 Å². The molecule has 124 valence electrons. The molecule has 1 rings (SSSR count). The van der Waals surface area contributed by atoms with Crippen molar-refractivity contribution in [3.8, 4) is 0 Å². The molecule has 4 heteroatoms. The Labute approximate surface area is 130 Å². The third kappa shape index (κ3) is 5.95. The van der Waals surface area contributed by atoms with Crippen LogP contribution in [0, 0.1) is 0 Å². The van der Waals surface area contributed by atoms with Gasteiger partial charge in [-0.15, -0.1) is 0 Å². The maximum atomic E-state index is 12.1. The molecular weight excluding hydrogens is 266 g/mol. The molecule has 0 radical (unpaired) electrons. The van der Waals surface area contributed by atoms with E-state index in [9.17, 15) is 4.79 Å². The van der Waals surface area contributed by atoms with Gasteiger partial charge in [0.25, 0.3) is 0 Å². The Balaban J connectivity index is 2.31. The van der Waals surface area contributed by atoms with Gasteiger partial charge in [0, 0.05) is 13.0 Å². The second-order valence-electron chi connectivity index (χ2n) is 6.15. The molecule has 0 amide bonds. The van der Waals surface area contributed by atoms with Gasteiger partial charge in [-0.3, -0.25) is 4.79 Å². The van der Waals surface area contributed by atoms with Crippen molar-refractivity contribution in [3.63, 3.8) is 0 Å². The summed E-state index contributed by atoms with van der Waals surface area (Å²) >= 11 is 0. The van der Waals surface area contributed by atoms with Gasteiger partial charge in [0.15, 0.2) is 0 Å². The number of hydrogen-bond donors (Lipinski definition) is 1. The summed E-state index contributed by atoms with van der Waals surface area (Å²) in [5, 5.41) is 3.39. The highest BCUT2D eigenvalue weighted by Crippen LogP contribution is 2.33. The Morgan fingerprint density at radius 3 is 2.62 bits per heavy atom. The zero-order valence-electron chi connectivity index (χ0n) is 14.1. The molecule has 1 fully saturated rings. The highest BCUT2D eigenvalue weighted by molar-refractivity contribution is 5.81. The molecule has 0 spiro atoms. The maximum Gasteiger partial charge on any atom is 0.326 e. The van der Waals surface area contributed by atoms with E-state index in [1.165, 1.54) is 32.8 Å². The minimum absolute atomic E-state index is 0.134. The van der Waals surface area contributed by atoms with E-state index in [1.54, 1.807) is 0 Å². The first kappa shape index (κ1) is 18.4. The van der Waals surface area contributed by atoms with Crippen molar-refractivity contribution in [3.05, 3.63) is 0 Å². The first-order chi connectivity index (χ1) is 10.2. The average Bonchev–Trinajstić information content (AvgIpc) is 2.92. The van der Waals surface area contributed by atoms with Crippen LogP contribution in [0.4, 0.5) is 0 Å². The third-order valence-corrected chi connectivity index (χ3v) is 4.36. The largest absolute Gasteiger partial charge is 0.468 e. The van der Waals surface area contributed by atoms with E-state index in [2.05, 4.69) is 19.2 Å². The van der Waals surface area contributed by atoms with Gasteiger partial charge in [-0.1, -0.05) is 39.5 Å². The number of methoxy groups -OCH3 is 1. The van der Waals surface area contributed by atoms with Crippen LogP contribution in [0.25, 0.3) is 0 Å². The second kappa shape index (κ2) is 10.2. The van der Waals surface area contributed by atoms with Gasteiger partial charge in [-0.25, -0.2) is 0 Å². The molecule has 0 aromatic heterocycles. The molecule has 21 heavy (non-hydrogen) atoms. The lowest BCUT2D eigenvalue weighted by molar-refractivity contribution is -0.148. The minimum Gasteiger partial charge on any atom is -0.468 e. The molecule has 2 unspecified atom stereocenters. The molecule has 0 aromatic rings. The van der Waals surface area contributed by atoms with Gasteiger partial charge < -0.3 is 14.8 Å². The molecule has 1 aliphatic rings. The zero-order chi connectivity index (χ0) is 15.6. The minimum atomic E-state index is -0.516. The molecule has 0 aromatic carbocycles. The molecule has 1 N–H and O–H groups in total. The molecular formula is C17H33NO3. The van der Waals surface area contributed by atoms with Gasteiger partial charge in [-0.05, 0) is 32.2 Å². The number of ether oxygens (including phenoxy) is 2. The topological polar surface area (TPSA) is 47.6 Å². The Kier molecular flexibility index (Phi) is 8.93. The Morgan fingerprint density at radius 2 is 1.95 bits per heavy atom. The Hall–Kier alpha value is -0.610. The monoisotopic (exact) mass is 299 g/mol. The molecule has 4 nitrogen and oxygen atoms in total. The summed E-state index contributed by atoms with van der Waals surface area (Å²) in [5.74, 6) is -0.134. The predicted octanol–water partition coefficient (Wildman–Crippen LogP) is 3.44. The number of carbonyl (C=O) groups excluding carboxylic acids is 1. The Morgan fingerprint density at radius 1 is 1.19 bits per heavy atom. The number of hydrogen-bond acceptors (Lipinski definition) is 4. The van der Waals surface area contributed by atoms with Gasteiger partial charge in [0.1, 0.15) is 5.54 Å². The van der Waals surface area contributed by atoms with Crippen LogP contribution >= 0.6 is 0 Å². The lowest BCUT2D eigenvalue weighted by Gasteiger charge is -2.27. The van der Waals surface area contributed by atoms with E-state index < -0.39 is 5.54 Å². The Bertz CT molecular complexity index is 296. The van der Waals surface area contributed by atoms with Crippen LogP contribution in [0.3, 0.4) is 0 Å². The van der Waals surface area contributed by atoms with Gasteiger partial charge in [-0.2, -0.15) is 0 Å². The summed E-state index contributed by atoms with van der Waals surface area (Å²) in [7, 11) is 1.47. The molecule has 2 atom stereocenters. The molecule has 0 heterocycles. The van der Waals surface area contributed by atoms with Gasteiger partial charge in [0.05, 0.1) is 13.2 Å². The van der Waals surface area contributed by atoms with Crippen LogP contribution in [0.15, 0.2) is 0 Å². The fraction of sp³-hybridized carbons (Fsp3) is 0.941. The summed E-state index contributed by atoms with van der Waals surface area (Å²) in [6, 6.07) is 0. The number of nitrogens with one attached hydrogen (secondary N) is 1. The molecule has 0 aliphatic heterocycles. The van der Waals surface area contributed by atoms with Gasteiger partial charge >= 0.3 is 5.97 Å². The smallest absolute Gasteiger partial charge is 0.326 e. The van der Waals surface area contributed by atoms with Crippen LogP contribution in [0.2, 0.25) is 0 Å². The highest BCUT2D eigenvalue weighted by atomic mass is 16.5. The maximum absolute atomic E-state index is 12.1. The van der Waals surface area contributed by atoms with Crippen LogP contribution in [-0.4, -0.2) is 37.9 Å². The third-order valence-electron chi connectivity index (χ3n) is 4.36. The highest BCUT2D eigenvalue weighted by Gasteiger charge is 2.46. The summed E-state index contributed by atoms with van der Waals surface area (Å²) in [4.78, 5) is 12.1. The molecule has 1 saturated carbocycles. The van der Waals surface area contributed by atoms with E-state index in [1.807, 2.05) is 0 Å². The number of rotatable bonds is 11. The first-order valence-corrected chi connectivity index (χ1v) is 8.63. The van der Waals surface area contributed by atoms with Crippen molar-refractivity contribution in [2.45, 2.75) is 83.3 Å². The van der Waals surface area contributed by atoms with Crippen molar-refractivity contribution in [2.24, 2.45) is 0 Å². The normalized spacial score (nSPS) is 25.2. The zero-order valence-corrected chi connectivity index (χ0v) is 14.1. The lowest BCUT2D eigenvalue weighted by Crippen LogP contribution is -2.51. The fourth-order valence-corrected chi connectivity index (χ4v) is 3.08. The van der Waals surface area contributed by atoms with E-state index in [-0.39, 0.29) is 12.1 Å². The SMILES string of the molecule is CCCCCCCOC1CCC(NCCC)(C(=O)OC)C1. The second-order valence-corrected chi connectivity index (χ2v) is 6.15. The molecule has 1 aliphatic carbocycles. The van der Waals surface area contributed by atoms with Crippen LogP contribution in [0.5, 0.6) is 0 Å². The van der Waals surface area contributed by atoms with Crippen molar-refractivity contribution < 1.29 is 14.3 Å². The van der Waals surface area contributed by atoms with E-state index in [0.717, 1.165) is 45.3 Å². The average molecular weight is 299 g/mol. The number of esters is 1. The summed E-state index contributed by atoms with van der Waals surface area (Å²) in [6.45, 7) is 6.00. The van der Waals surface area contributed by atoms with Crippen LogP contribution in [-0.2, 0) is 14.3 Å². The van der Waals surface area contributed by atoms with Crippen molar-refractivity contribution in [1.82, 2.24) is 5.32 Å². The van der Waals surface area contributed by atoms with Crippen molar-refractivity contribution in [1.29, 1.82) is 0 Å². The van der Waals surface area contributed by atoms with Crippen LogP contribution < -0.4 is 5.32 Å². The molecule has 0 bridgehead atoms. The lowest BCUT2D eigenvalue weighted by atomic mass is 9.97. The summed E-state index contributed by atoms with van der Waals surface area (Å²) < 4.78 is 11.0. The van der Waals surface area contributed by atoms with E-state index in [4.69, 9.17) is 9.47 Å². The van der Waals surface area contributed by atoms with E-state index in [0.29, 0.717) is 0 Å². The summed E-state index contributed by atoms with van der Waals surface area (Å²) in [6.07, 6.45) is 9.98. The standard InChI is InChI=1S/C17H33NO3/c1-4-6-7-8-9-13-21-15-10-11-17(14-15,16(19)20-3)18-12-5-2/h15,18H,4-14H2,1-3H3. The number of carbonyl (C=O) groups is 1. The van der Waals surface area contributed by atoms with Gasteiger partial charge in [0.2, 0.25) is 0 Å². The summed E-state index contributed by atoms with van der Waals surface area (Å²) in [5.41, 5.74) is -0.516. The van der Waals surface area contributed by atoms with E-state index >= 15 is 0 Å². The van der Waals surface area contributed by atoms with Crippen molar-refractivity contribution >= 4 is 5.97 Å².